The zero-order valence-electron chi connectivity index (χ0n) is 18.0. The summed E-state index contributed by atoms with van der Waals surface area (Å²) >= 11 is 0. The molecule has 6 rings (SSSR count). The number of nitrogens with zero attached hydrogens (tertiary/aromatic N) is 3. The number of aromatic hydroxyl groups is 1. The predicted octanol–water partition coefficient (Wildman–Crippen LogP) is 3.41. The van der Waals surface area contributed by atoms with Crippen LogP contribution in [0, 0.1) is 24.2 Å². The number of alkyl halides is 2. The Morgan fingerprint density at radius 1 is 1.09 bits per heavy atom. The smallest absolute Gasteiger partial charge is 0.277 e. The molecule has 4 unspecified atom stereocenters. The molecule has 168 valence electrons. The largest absolute Gasteiger partial charge is 0.502 e. The van der Waals surface area contributed by atoms with E-state index in [9.17, 15) is 23.5 Å². The Labute approximate surface area is 184 Å². The van der Waals surface area contributed by atoms with E-state index in [1.807, 2.05) is 36.2 Å². The molecule has 2 aromatic rings. The average Bonchev–Trinajstić information content (AvgIpc) is 3.08. The summed E-state index contributed by atoms with van der Waals surface area (Å²) in [5, 5.41) is 12.5. The third-order valence-corrected chi connectivity index (χ3v) is 8.42. The molecular formula is C24H25F2N3O3. The van der Waals surface area contributed by atoms with Crippen molar-refractivity contribution in [1.82, 2.24) is 9.58 Å². The minimum absolute atomic E-state index is 0.0691. The van der Waals surface area contributed by atoms with Crippen LogP contribution in [-0.4, -0.2) is 39.7 Å². The number of piperidine rings is 1. The zero-order valence-corrected chi connectivity index (χ0v) is 18.0. The van der Waals surface area contributed by atoms with E-state index < -0.39 is 34.8 Å². The molecule has 2 saturated carbocycles. The van der Waals surface area contributed by atoms with Gasteiger partial charge in [0.2, 0.25) is 5.43 Å². The second kappa shape index (κ2) is 6.11. The summed E-state index contributed by atoms with van der Waals surface area (Å²) in [6.07, 6.45) is 3.49. The molecule has 4 aliphatic rings. The molecule has 32 heavy (non-hydrogen) atoms. The van der Waals surface area contributed by atoms with Gasteiger partial charge in [-0.2, -0.15) is 0 Å². The lowest BCUT2D eigenvalue weighted by Gasteiger charge is -2.58. The van der Waals surface area contributed by atoms with Gasteiger partial charge < -0.3 is 10.0 Å². The van der Waals surface area contributed by atoms with Gasteiger partial charge in [0.1, 0.15) is 6.17 Å². The van der Waals surface area contributed by atoms with Gasteiger partial charge >= 0.3 is 0 Å². The predicted molar refractivity (Wildman–Crippen MR) is 113 cm³/mol. The normalized spacial score (nSPS) is 34.3. The third kappa shape index (κ3) is 2.33. The number of amides is 1. The maximum Gasteiger partial charge on any atom is 0.277 e. The van der Waals surface area contributed by atoms with Gasteiger partial charge in [0.25, 0.3) is 11.8 Å². The van der Waals surface area contributed by atoms with Crippen molar-refractivity contribution >= 4 is 5.91 Å². The molecule has 1 aromatic carbocycles. The highest BCUT2D eigenvalue weighted by molar-refractivity contribution is 5.96. The van der Waals surface area contributed by atoms with Crippen molar-refractivity contribution in [2.75, 3.05) is 12.1 Å². The fourth-order valence-electron chi connectivity index (χ4n) is 6.76. The summed E-state index contributed by atoms with van der Waals surface area (Å²) in [5.41, 5.74) is 1.04. The number of carbonyl (C=O) groups is 1. The number of carbonyl (C=O) groups excluding carboxylic acids is 1. The number of rotatable bonds is 1. The lowest BCUT2D eigenvalue weighted by atomic mass is 9.66. The number of aryl methyl sites for hydroxylation is 1. The molecule has 6 nitrogen and oxygen atoms in total. The van der Waals surface area contributed by atoms with Crippen LogP contribution >= 0.6 is 0 Å². The lowest BCUT2D eigenvalue weighted by Crippen LogP contribution is -2.66. The molecule has 2 aliphatic heterocycles. The number of halogens is 2. The Hall–Kier alpha value is -2.90. The van der Waals surface area contributed by atoms with Gasteiger partial charge in [-0.05, 0) is 49.1 Å². The number of aromatic nitrogens is 1. The van der Waals surface area contributed by atoms with Crippen molar-refractivity contribution in [1.29, 1.82) is 0 Å². The summed E-state index contributed by atoms with van der Waals surface area (Å²) in [4.78, 5) is 26.8. The summed E-state index contributed by atoms with van der Waals surface area (Å²) < 4.78 is 30.1. The van der Waals surface area contributed by atoms with Crippen LogP contribution in [0.3, 0.4) is 0 Å². The molecule has 3 fully saturated rings. The average molecular weight is 441 g/mol. The summed E-state index contributed by atoms with van der Waals surface area (Å²) in [5.74, 6) is -4.74. The highest BCUT2D eigenvalue weighted by atomic mass is 19.3. The maximum absolute atomic E-state index is 14.2. The molecule has 4 atom stereocenters. The van der Waals surface area contributed by atoms with Crippen molar-refractivity contribution in [3.63, 3.8) is 0 Å². The van der Waals surface area contributed by atoms with Gasteiger partial charge in [0, 0.05) is 31.1 Å². The molecule has 1 N–H and O–H groups in total. The van der Waals surface area contributed by atoms with Crippen LogP contribution in [0.5, 0.6) is 5.75 Å². The molecule has 3 heterocycles. The highest BCUT2D eigenvalue weighted by Gasteiger charge is 2.76. The van der Waals surface area contributed by atoms with Crippen LogP contribution in [0.4, 0.5) is 8.78 Å². The summed E-state index contributed by atoms with van der Waals surface area (Å²) in [6.45, 7) is 2.01. The van der Waals surface area contributed by atoms with Crippen molar-refractivity contribution in [2.45, 2.75) is 50.7 Å². The Morgan fingerprint density at radius 2 is 1.78 bits per heavy atom. The van der Waals surface area contributed by atoms with Gasteiger partial charge in [-0.1, -0.05) is 24.3 Å². The van der Waals surface area contributed by atoms with Crippen molar-refractivity contribution in [3.8, 4) is 5.75 Å². The Balaban J connectivity index is 1.57. The van der Waals surface area contributed by atoms with E-state index in [0.717, 1.165) is 17.5 Å². The first kappa shape index (κ1) is 19.8. The molecule has 1 saturated heterocycles. The van der Waals surface area contributed by atoms with E-state index in [-0.39, 0.29) is 23.3 Å². The van der Waals surface area contributed by atoms with Gasteiger partial charge in [-0.3, -0.25) is 19.3 Å². The van der Waals surface area contributed by atoms with Crippen LogP contribution < -0.4 is 10.4 Å². The maximum atomic E-state index is 14.2. The van der Waals surface area contributed by atoms with E-state index in [2.05, 4.69) is 0 Å². The fourth-order valence-corrected chi connectivity index (χ4v) is 6.76. The number of fused-ring (bicyclic) bond motifs is 4. The Morgan fingerprint density at radius 3 is 2.47 bits per heavy atom. The van der Waals surface area contributed by atoms with Gasteiger partial charge in [0.15, 0.2) is 11.4 Å². The first-order valence-electron chi connectivity index (χ1n) is 11.1. The minimum Gasteiger partial charge on any atom is -0.502 e. The second-order valence-electron chi connectivity index (χ2n) is 9.95. The summed E-state index contributed by atoms with van der Waals surface area (Å²) in [7, 11) is 1.67. The topological polar surface area (TPSA) is 65.8 Å². The van der Waals surface area contributed by atoms with Crippen LogP contribution in [0.1, 0.15) is 53.3 Å². The van der Waals surface area contributed by atoms with Crippen LogP contribution in [0.25, 0.3) is 0 Å². The van der Waals surface area contributed by atoms with Gasteiger partial charge in [-0.25, -0.2) is 8.78 Å². The Kier molecular flexibility index (Phi) is 3.78. The number of benzene rings is 1. The van der Waals surface area contributed by atoms with Crippen molar-refractivity contribution in [3.05, 3.63) is 63.6 Å². The Bertz CT molecular complexity index is 1200. The second-order valence-corrected chi connectivity index (χ2v) is 9.95. The van der Waals surface area contributed by atoms with E-state index in [0.29, 0.717) is 19.3 Å². The summed E-state index contributed by atoms with van der Waals surface area (Å²) in [6, 6.07) is 8.94. The number of hydrogen-bond donors (Lipinski definition) is 1. The molecule has 1 aromatic heterocycles. The third-order valence-electron chi connectivity index (χ3n) is 8.42. The van der Waals surface area contributed by atoms with E-state index in [1.54, 1.807) is 16.6 Å². The van der Waals surface area contributed by atoms with Gasteiger partial charge in [-0.15, -0.1) is 0 Å². The van der Waals surface area contributed by atoms with E-state index in [1.165, 1.54) is 12.3 Å². The van der Waals surface area contributed by atoms with Crippen molar-refractivity contribution < 1.29 is 18.7 Å². The van der Waals surface area contributed by atoms with Gasteiger partial charge in [0.05, 0.1) is 6.04 Å². The number of pyridine rings is 1. The molecule has 2 aliphatic carbocycles. The van der Waals surface area contributed by atoms with Crippen LogP contribution in [0.2, 0.25) is 0 Å². The first-order chi connectivity index (χ1) is 15.2. The molecule has 8 heteroatoms. The first-order valence-corrected chi connectivity index (χ1v) is 11.1. The SMILES string of the molecule is Cc1ccccc1C1N2C(CCC13CC1C(C3)C1(F)F)N(C)C(=O)c1c(O)c(=O)ccn12. The molecule has 1 amide bonds. The zero-order chi connectivity index (χ0) is 22.6. The van der Waals surface area contributed by atoms with Crippen LogP contribution in [-0.2, 0) is 0 Å². The molecule has 0 bridgehead atoms. The highest BCUT2D eigenvalue weighted by Crippen LogP contribution is 2.74. The minimum atomic E-state index is -2.58. The molecular weight excluding hydrogens is 416 g/mol. The van der Waals surface area contributed by atoms with Crippen molar-refractivity contribution in [2.24, 2.45) is 17.3 Å². The molecule has 0 radical (unpaired) electrons. The molecule has 1 spiro atoms. The monoisotopic (exact) mass is 441 g/mol. The standard InChI is InChI=1S/C24H25F2N3O3/c1-13-5-3-4-6-14(13)21-23(11-15-16(12-23)24(15,25)26)9-7-18-27(2)22(32)19-20(31)17(30)8-10-28(19)29(18)21/h3-6,8,10,15-16,18,21,31H,7,9,11-12H2,1-2H3. The van der Waals surface area contributed by atoms with E-state index >= 15 is 0 Å². The van der Waals surface area contributed by atoms with Crippen LogP contribution in [0.15, 0.2) is 41.3 Å². The lowest BCUT2D eigenvalue weighted by molar-refractivity contribution is -0.00496. The van der Waals surface area contributed by atoms with E-state index in [4.69, 9.17) is 0 Å². The fraction of sp³-hybridized carbons (Fsp3) is 0.500. The number of hydrogen-bond acceptors (Lipinski definition) is 4. The quantitative estimate of drug-likeness (QED) is 0.737.